The van der Waals surface area contributed by atoms with E-state index in [4.69, 9.17) is 4.74 Å². The maximum absolute atomic E-state index is 12.6. The van der Waals surface area contributed by atoms with E-state index in [0.717, 1.165) is 51.4 Å². The molecule has 6 heteroatoms. The molecule has 0 rings (SSSR count). The predicted molar refractivity (Wildman–Crippen MR) is 393 cm³/mol. The van der Waals surface area contributed by atoms with E-state index in [1.807, 2.05) is 0 Å². The topological polar surface area (TPSA) is 95.9 Å². The van der Waals surface area contributed by atoms with Gasteiger partial charge in [-0.2, -0.15) is 0 Å². The van der Waals surface area contributed by atoms with Gasteiger partial charge < -0.3 is 20.3 Å². The van der Waals surface area contributed by atoms with Crippen molar-refractivity contribution in [2.24, 2.45) is 0 Å². The summed E-state index contributed by atoms with van der Waals surface area (Å²) in [6.45, 7) is 4.99. The largest absolute Gasteiger partial charge is 0.466 e. The van der Waals surface area contributed by atoms with Crippen molar-refractivity contribution < 1.29 is 24.5 Å². The number of carbonyl (C=O) groups is 2. The molecule has 3 N–H and O–H groups in total. The van der Waals surface area contributed by atoms with Crippen molar-refractivity contribution in [1.82, 2.24) is 5.32 Å². The number of aliphatic hydroxyl groups is 2. The van der Waals surface area contributed by atoms with Crippen LogP contribution in [0.25, 0.3) is 0 Å². The van der Waals surface area contributed by atoms with Crippen LogP contribution in [0, 0.1) is 0 Å². The molecule has 0 saturated carbocycles. The molecule has 1 amide bonds. The van der Waals surface area contributed by atoms with E-state index in [9.17, 15) is 19.8 Å². The number of esters is 1. The first kappa shape index (κ1) is 87.3. The monoisotopic (exact) mass is 1250 g/mol. The van der Waals surface area contributed by atoms with E-state index in [1.165, 1.54) is 385 Å². The Morgan fingerprint density at radius 2 is 0.562 bits per heavy atom. The fourth-order valence-corrected chi connectivity index (χ4v) is 13.3. The van der Waals surface area contributed by atoms with E-state index < -0.39 is 12.1 Å². The lowest BCUT2D eigenvalue weighted by molar-refractivity contribution is -0.143. The first-order chi connectivity index (χ1) is 44.0. The molecule has 0 aliphatic rings. The number of aliphatic hydroxyl groups excluding tert-OH is 2. The first-order valence-electron chi connectivity index (χ1n) is 41.1. The van der Waals surface area contributed by atoms with Crippen molar-refractivity contribution in [3.63, 3.8) is 0 Å². The summed E-state index contributed by atoms with van der Waals surface area (Å²) in [6.07, 6.45) is 101. The Bertz CT molecular complexity index is 1400. The van der Waals surface area contributed by atoms with E-state index in [2.05, 4.69) is 43.5 Å². The zero-order valence-electron chi connectivity index (χ0n) is 60.7. The van der Waals surface area contributed by atoms with Gasteiger partial charge in [-0.25, -0.2) is 0 Å². The van der Waals surface area contributed by atoms with E-state index in [1.54, 1.807) is 0 Å². The van der Waals surface area contributed by atoms with Crippen molar-refractivity contribution >= 4 is 11.9 Å². The molecule has 0 bridgehead atoms. The number of ether oxygens (including phenoxy) is 1. The molecule has 89 heavy (non-hydrogen) atoms. The average molecular weight is 1250 g/mol. The number of unbranched alkanes of at least 4 members (excludes halogenated alkanes) is 63. The molecule has 2 unspecified atom stereocenters. The number of allylic oxidation sites excluding steroid dienone is 4. The maximum atomic E-state index is 12.6. The van der Waals surface area contributed by atoms with Crippen LogP contribution >= 0.6 is 0 Å². The Labute approximate surface area is 558 Å². The Morgan fingerprint density at radius 3 is 0.865 bits per heavy atom. The molecule has 6 nitrogen and oxygen atoms in total. The second-order valence-electron chi connectivity index (χ2n) is 28.5. The molecule has 2 atom stereocenters. The molecule has 0 radical (unpaired) electrons. The van der Waals surface area contributed by atoms with Crippen LogP contribution < -0.4 is 5.32 Å². The zero-order chi connectivity index (χ0) is 64.2. The summed E-state index contributed by atoms with van der Waals surface area (Å²) in [5.41, 5.74) is 0. The van der Waals surface area contributed by atoms with Gasteiger partial charge in [0, 0.05) is 12.8 Å². The van der Waals surface area contributed by atoms with Crippen LogP contribution in [0.2, 0.25) is 0 Å². The molecule has 0 aliphatic carbocycles. The van der Waals surface area contributed by atoms with Gasteiger partial charge in [-0.3, -0.25) is 9.59 Å². The van der Waals surface area contributed by atoms with Crippen LogP contribution in [0.5, 0.6) is 0 Å². The van der Waals surface area contributed by atoms with Gasteiger partial charge in [0.2, 0.25) is 5.91 Å². The third-order valence-electron chi connectivity index (χ3n) is 19.5. The molecular formula is C83H161NO5. The average Bonchev–Trinajstić information content (AvgIpc) is 3.54. The summed E-state index contributed by atoms with van der Waals surface area (Å²) in [5.74, 6) is -0.00974. The van der Waals surface area contributed by atoms with Gasteiger partial charge in [-0.1, -0.05) is 423 Å². The summed E-state index contributed by atoms with van der Waals surface area (Å²) in [5, 5.41) is 23.5. The van der Waals surface area contributed by atoms with Crippen molar-refractivity contribution in [2.75, 3.05) is 13.2 Å². The quantitative estimate of drug-likeness (QED) is 0.0320. The summed E-state index contributed by atoms with van der Waals surface area (Å²) in [6, 6.07) is -0.539. The molecule has 0 aromatic rings. The van der Waals surface area contributed by atoms with E-state index >= 15 is 0 Å². The Kier molecular flexibility index (Phi) is 77.3. The minimum atomic E-state index is -0.662. The van der Waals surface area contributed by atoms with Gasteiger partial charge in [-0.05, 0) is 57.8 Å². The number of amides is 1. The number of carbonyl (C=O) groups excluding carboxylic acids is 2. The predicted octanol–water partition coefficient (Wildman–Crippen LogP) is 27.2. The van der Waals surface area contributed by atoms with Gasteiger partial charge in [0.15, 0.2) is 0 Å². The summed E-state index contributed by atoms with van der Waals surface area (Å²) >= 11 is 0. The third-order valence-corrected chi connectivity index (χ3v) is 19.5. The normalized spacial score (nSPS) is 12.5. The van der Waals surface area contributed by atoms with Crippen molar-refractivity contribution in [1.29, 1.82) is 0 Å². The molecule has 528 valence electrons. The fraction of sp³-hybridized carbons (Fsp3) is 0.928. The fourth-order valence-electron chi connectivity index (χ4n) is 13.3. The first-order valence-corrected chi connectivity index (χ1v) is 41.1. The minimum Gasteiger partial charge on any atom is -0.466 e. The number of rotatable bonds is 78. The minimum absolute atomic E-state index is 0.0150. The third kappa shape index (κ3) is 75.3. The summed E-state index contributed by atoms with van der Waals surface area (Å²) in [4.78, 5) is 24.7. The van der Waals surface area contributed by atoms with Gasteiger partial charge in [0.25, 0.3) is 0 Å². The highest BCUT2D eigenvalue weighted by molar-refractivity contribution is 5.76. The molecule has 0 heterocycles. The summed E-state index contributed by atoms with van der Waals surface area (Å²) in [7, 11) is 0. The SMILES string of the molecule is CCCCCC/C=C\C/C=C\CCCCCCCCCC(=O)OCCCCCCCCCCCCCCCCCCCCCCCCCCCCCCCCCCC(=O)NC(CO)C(O)CCCCCCCCCCCCCCCCCCCCCCCC. The zero-order valence-corrected chi connectivity index (χ0v) is 60.7. The number of nitrogens with one attached hydrogen (secondary N) is 1. The van der Waals surface area contributed by atoms with Gasteiger partial charge >= 0.3 is 5.97 Å². The van der Waals surface area contributed by atoms with Crippen LogP contribution in [0.4, 0.5) is 0 Å². The van der Waals surface area contributed by atoms with Gasteiger partial charge in [0.1, 0.15) is 0 Å². The molecule has 0 aliphatic heterocycles. The van der Waals surface area contributed by atoms with Crippen LogP contribution in [0.1, 0.15) is 470 Å². The molecular weight excluding hydrogens is 1090 g/mol. The van der Waals surface area contributed by atoms with Crippen LogP contribution in [0.15, 0.2) is 24.3 Å². The molecule has 0 saturated heterocycles. The van der Waals surface area contributed by atoms with Crippen molar-refractivity contribution in [2.45, 2.75) is 482 Å². The van der Waals surface area contributed by atoms with Crippen LogP contribution in [-0.4, -0.2) is 47.4 Å². The second kappa shape index (κ2) is 78.8. The number of hydrogen-bond acceptors (Lipinski definition) is 5. The van der Waals surface area contributed by atoms with E-state index in [-0.39, 0.29) is 18.5 Å². The second-order valence-corrected chi connectivity index (χ2v) is 28.5. The van der Waals surface area contributed by atoms with Crippen molar-refractivity contribution in [3.8, 4) is 0 Å². The lowest BCUT2D eigenvalue weighted by Crippen LogP contribution is -2.45. The highest BCUT2D eigenvalue weighted by Crippen LogP contribution is 2.21. The van der Waals surface area contributed by atoms with Gasteiger partial charge in [0.05, 0.1) is 25.4 Å². The lowest BCUT2D eigenvalue weighted by Gasteiger charge is -2.22. The highest BCUT2D eigenvalue weighted by atomic mass is 16.5. The maximum Gasteiger partial charge on any atom is 0.305 e. The van der Waals surface area contributed by atoms with E-state index in [0.29, 0.717) is 25.9 Å². The summed E-state index contributed by atoms with van der Waals surface area (Å²) < 4.78 is 5.51. The molecule has 0 fully saturated rings. The molecule has 0 aromatic heterocycles. The van der Waals surface area contributed by atoms with Gasteiger partial charge in [-0.15, -0.1) is 0 Å². The highest BCUT2D eigenvalue weighted by Gasteiger charge is 2.20. The number of hydrogen-bond donors (Lipinski definition) is 3. The standard InChI is InChI=1S/C83H161NO5/c1-3-5-7-9-11-13-15-17-19-21-23-24-37-40-43-47-51-55-59-63-67-71-75-81(86)80(79-85)84-82(87)76-72-68-64-60-56-52-48-44-41-38-35-33-31-29-27-25-26-28-30-32-34-36-39-42-46-50-54-58-62-66-70-74-78-89-83(88)77-73-69-65-61-57-53-49-45-22-20-18-16-14-12-10-8-6-4-2/h14,16,20,22,80-81,85-86H,3-13,15,17-19,21,23-79H2,1-2H3,(H,84,87)/b16-14-,22-20-. The Morgan fingerprint density at radius 1 is 0.315 bits per heavy atom. The van der Waals surface area contributed by atoms with Crippen LogP contribution in [0.3, 0.4) is 0 Å². The lowest BCUT2D eigenvalue weighted by atomic mass is 10.0. The Hall–Kier alpha value is -1.66. The van der Waals surface area contributed by atoms with Crippen LogP contribution in [-0.2, 0) is 14.3 Å². The smallest absolute Gasteiger partial charge is 0.305 e. The molecule has 0 aromatic carbocycles. The Balaban J connectivity index is 3.32. The van der Waals surface area contributed by atoms with Crippen molar-refractivity contribution in [3.05, 3.63) is 24.3 Å². The molecule has 0 spiro atoms.